The quantitative estimate of drug-likeness (QED) is 0.911. The molecule has 6 heteroatoms. The van der Waals surface area contributed by atoms with Gasteiger partial charge in [0.05, 0.1) is 12.2 Å². The molecule has 1 N–H and O–H groups in total. The van der Waals surface area contributed by atoms with Crippen molar-refractivity contribution in [3.63, 3.8) is 0 Å². The summed E-state index contributed by atoms with van der Waals surface area (Å²) in [5.74, 6) is 0. The average Bonchev–Trinajstić information content (AvgIpc) is 2.81. The molecule has 1 aromatic heterocycles. The molecule has 0 amide bonds. The average molecular weight is 275 g/mol. The number of rotatable bonds is 4. The van der Waals surface area contributed by atoms with Crippen LogP contribution < -0.4 is 5.32 Å². The number of hydrogen-bond donors (Lipinski definition) is 1. The second-order valence-electron chi connectivity index (χ2n) is 5.03. The van der Waals surface area contributed by atoms with Crippen molar-refractivity contribution in [2.75, 3.05) is 6.54 Å². The second-order valence-corrected chi connectivity index (χ2v) is 5.03. The molecular weight excluding hydrogens is 255 g/mol. The van der Waals surface area contributed by atoms with Gasteiger partial charge >= 0.3 is 6.18 Å². The summed E-state index contributed by atoms with van der Waals surface area (Å²) in [7, 11) is 0. The highest BCUT2D eigenvalue weighted by Crippen LogP contribution is 2.37. The van der Waals surface area contributed by atoms with Crippen molar-refractivity contribution < 1.29 is 13.2 Å². The van der Waals surface area contributed by atoms with Crippen LogP contribution in [0, 0.1) is 0 Å². The summed E-state index contributed by atoms with van der Waals surface area (Å²) in [5.41, 5.74) is -0.319. The van der Waals surface area contributed by atoms with E-state index in [0.29, 0.717) is 6.54 Å². The number of alkyl halides is 3. The van der Waals surface area contributed by atoms with Crippen LogP contribution in [0.5, 0.6) is 0 Å². The monoisotopic (exact) mass is 275 g/mol. The van der Waals surface area contributed by atoms with Crippen LogP contribution in [0.15, 0.2) is 6.20 Å². The van der Waals surface area contributed by atoms with Gasteiger partial charge in [-0.05, 0) is 19.4 Å². The largest absolute Gasteiger partial charge is 0.433 e. The summed E-state index contributed by atoms with van der Waals surface area (Å²) in [6.07, 6.45) is 1.72. The van der Waals surface area contributed by atoms with E-state index < -0.39 is 11.9 Å². The molecule has 19 heavy (non-hydrogen) atoms. The minimum absolute atomic E-state index is 0.0965. The maximum atomic E-state index is 13.2. The van der Waals surface area contributed by atoms with Crippen molar-refractivity contribution in [2.45, 2.75) is 57.8 Å². The summed E-state index contributed by atoms with van der Waals surface area (Å²) in [6, 6.07) is -0.0965. The van der Waals surface area contributed by atoms with Crippen molar-refractivity contribution in [2.24, 2.45) is 0 Å². The van der Waals surface area contributed by atoms with Gasteiger partial charge in [-0.2, -0.15) is 18.3 Å². The van der Waals surface area contributed by atoms with Crippen LogP contribution in [0.25, 0.3) is 0 Å². The van der Waals surface area contributed by atoms with Gasteiger partial charge < -0.3 is 5.32 Å². The molecule has 0 radical (unpaired) electrons. The van der Waals surface area contributed by atoms with Gasteiger partial charge in [-0.3, -0.25) is 4.68 Å². The van der Waals surface area contributed by atoms with E-state index in [2.05, 4.69) is 10.4 Å². The molecule has 1 saturated carbocycles. The second kappa shape index (κ2) is 5.94. The SMILES string of the molecule is CCNCc1cnn(C2CCCCC2)c1C(F)(F)F. The molecule has 0 aliphatic heterocycles. The predicted octanol–water partition coefficient (Wildman–Crippen LogP) is 3.52. The normalized spacial score (nSPS) is 17.9. The molecule has 0 saturated heterocycles. The van der Waals surface area contributed by atoms with Crippen LogP contribution in [0.1, 0.15) is 56.3 Å². The summed E-state index contributed by atoms with van der Waals surface area (Å²) in [6.45, 7) is 2.74. The number of aromatic nitrogens is 2. The van der Waals surface area contributed by atoms with Crippen LogP contribution in [-0.2, 0) is 12.7 Å². The lowest BCUT2D eigenvalue weighted by Crippen LogP contribution is -2.23. The summed E-state index contributed by atoms with van der Waals surface area (Å²) < 4.78 is 40.9. The first kappa shape index (κ1) is 14.4. The molecule has 0 unspecified atom stereocenters. The van der Waals surface area contributed by atoms with E-state index in [9.17, 15) is 13.2 Å². The smallest absolute Gasteiger partial charge is 0.313 e. The Hall–Kier alpha value is -1.04. The third-order valence-corrected chi connectivity index (χ3v) is 3.63. The molecule has 3 nitrogen and oxygen atoms in total. The lowest BCUT2D eigenvalue weighted by atomic mass is 9.95. The van der Waals surface area contributed by atoms with Gasteiger partial charge in [-0.1, -0.05) is 26.2 Å². The van der Waals surface area contributed by atoms with Crippen molar-refractivity contribution in [1.82, 2.24) is 15.1 Å². The Balaban J connectivity index is 2.29. The number of nitrogens with zero attached hydrogens (tertiary/aromatic N) is 2. The van der Waals surface area contributed by atoms with Gasteiger partial charge in [0.25, 0.3) is 0 Å². The van der Waals surface area contributed by atoms with Crippen molar-refractivity contribution in [1.29, 1.82) is 0 Å². The van der Waals surface area contributed by atoms with E-state index in [1.807, 2.05) is 6.92 Å². The zero-order chi connectivity index (χ0) is 13.9. The third-order valence-electron chi connectivity index (χ3n) is 3.63. The summed E-state index contributed by atoms with van der Waals surface area (Å²) in [5, 5.41) is 6.96. The highest BCUT2D eigenvalue weighted by molar-refractivity contribution is 5.21. The number of nitrogens with one attached hydrogen (secondary N) is 1. The first-order valence-corrected chi connectivity index (χ1v) is 6.88. The van der Waals surface area contributed by atoms with Crippen LogP contribution in [0.2, 0.25) is 0 Å². The molecular formula is C13H20F3N3. The molecule has 1 aliphatic carbocycles. The fourth-order valence-electron chi connectivity index (χ4n) is 2.70. The molecule has 0 atom stereocenters. The third kappa shape index (κ3) is 3.29. The van der Waals surface area contributed by atoms with E-state index in [1.165, 1.54) is 10.9 Å². The van der Waals surface area contributed by atoms with Crippen LogP contribution in [0.3, 0.4) is 0 Å². The Kier molecular flexibility index (Phi) is 4.50. The van der Waals surface area contributed by atoms with Gasteiger partial charge in [0, 0.05) is 12.1 Å². The van der Waals surface area contributed by atoms with Crippen LogP contribution >= 0.6 is 0 Å². The highest BCUT2D eigenvalue weighted by Gasteiger charge is 2.39. The highest BCUT2D eigenvalue weighted by atomic mass is 19.4. The standard InChI is InChI=1S/C13H20F3N3/c1-2-17-8-10-9-18-19(12(10)13(14,15)16)11-6-4-3-5-7-11/h9,11,17H,2-8H2,1H3. The molecule has 2 rings (SSSR count). The minimum atomic E-state index is -4.33. The molecule has 0 bridgehead atoms. The Labute approximate surface area is 111 Å². The Morgan fingerprint density at radius 1 is 1.32 bits per heavy atom. The topological polar surface area (TPSA) is 29.9 Å². The zero-order valence-electron chi connectivity index (χ0n) is 11.1. The molecule has 1 aromatic rings. The first-order valence-electron chi connectivity index (χ1n) is 6.88. The summed E-state index contributed by atoms with van der Waals surface area (Å²) in [4.78, 5) is 0. The molecule has 108 valence electrons. The van der Waals surface area contributed by atoms with Crippen molar-refractivity contribution in [3.05, 3.63) is 17.5 Å². The van der Waals surface area contributed by atoms with E-state index in [1.54, 1.807) is 0 Å². The molecule has 1 fully saturated rings. The molecule has 1 heterocycles. The number of hydrogen-bond acceptors (Lipinski definition) is 2. The predicted molar refractivity (Wildman–Crippen MR) is 66.7 cm³/mol. The lowest BCUT2D eigenvalue weighted by molar-refractivity contribution is -0.145. The van der Waals surface area contributed by atoms with Crippen LogP contribution in [-0.4, -0.2) is 16.3 Å². The van der Waals surface area contributed by atoms with Gasteiger partial charge in [0.1, 0.15) is 5.69 Å². The maximum Gasteiger partial charge on any atom is 0.433 e. The van der Waals surface area contributed by atoms with Gasteiger partial charge in [0.2, 0.25) is 0 Å². The van der Waals surface area contributed by atoms with E-state index in [0.717, 1.165) is 32.1 Å². The minimum Gasteiger partial charge on any atom is -0.313 e. The first-order chi connectivity index (χ1) is 9.04. The van der Waals surface area contributed by atoms with E-state index in [-0.39, 0.29) is 18.2 Å². The van der Waals surface area contributed by atoms with E-state index in [4.69, 9.17) is 0 Å². The molecule has 0 aromatic carbocycles. The fourth-order valence-corrected chi connectivity index (χ4v) is 2.70. The molecule has 1 aliphatic rings. The van der Waals surface area contributed by atoms with Gasteiger partial charge in [-0.25, -0.2) is 0 Å². The zero-order valence-corrected chi connectivity index (χ0v) is 11.1. The summed E-state index contributed by atoms with van der Waals surface area (Å²) >= 11 is 0. The van der Waals surface area contributed by atoms with Gasteiger partial charge in [-0.15, -0.1) is 0 Å². The Morgan fingerprint density at radius 3 is 2.58 bits per heavy atom. The Bertz CT molecular complexity index is 406. The lowest BCUT2D eigenvalue weighted by Gasteiger charge is -2.25. The number of halogens is 3. The molecule has 0 spiro atoms. The van der Waals surface area contributed by atoms with Crippen molar-refractivity contribution >= 4 is 0 Å². The van der Waals surface area contributed by atoms with Gasteiger partial charge in [0.15, 0.2) is 0 Å². The fraction of sp³-hybridized carbons (Fsp3) is 0.769. The van der Waals surface area contributed by atoms with Crippen LogP contribution in [0.4, 0.5) is 13.2 Å². The van der Waals surface area contributed by atoms with Crippen molar-refractivity contribution in [3.8, 4) is 0 Å². The Morgan fingerprint density at radius 2 is 2.00 bits per heavy atom. The maximum absolute atomic E-state index is 13.2. The van der Waals surface area contributed by atoms with E-state index >= 15 is 0 Å².